The van der Waals surface area contributed by atoms with Crippen LogP contribution in [0.5, 0.6) is 0 Å². The van der Waals surface area contributed by atoms with E-state index in [1.165, 1.54) is 57.9 Å². The molecule has 112 valence electrons. The van der Waals surface area contributed by atoms with E-state index in [2.05, 4.69) is 19.3 Å². The summed E-state index contributed by atoms with van der Waals surface area (Å²) in [5.41, 5.74) is 1.54. The maximum absolute atomic E-state index is 4.67. The Labute approximate surface area is 126 Å². The van der Waals surface area contributed by atoms with Crippen LogP contribution in [0.25, 0.3) is 5.65 Å². The zero-order chi connectivity index (χ0) is 14.1. The standard InChI is InChI=1S/C17H24N4/c1-2-6-17(7-3-1)8-4-5-11-21(14-17)16-15-18-9-12-20(15)13-10-19-16/h9-10,12-13H,1-8,11,14H2. The van der Waals surface area contributed by atoms with E-state index in [0.717, 1.165) is 18.0 Å². The number of hydrogen-bond acceptors (Lipinski definition) is 3. The Morgan fingerprint density at radius 2 is 1.57 bits per heavy atom. The van der Waals surface area contributed by atoms with Crippen molar-refractivity contribution in [1.82, 2.24) is 14.4 Å². The molecule has 1 aliphatic carbocycles. The summed E-state index contributed by atoms with van der Waals surface area (Å²) in [7, 11) is 0. The molecular weight excluding hydrogens is 260 g/mol. The Morgan fingerprint density at radius 1 is 0.857 bits per heavy atom. The van der Waals surface area contributed by atoms with Crippen LogP contribution in [0.2, 0.25) is 0 Å². The first-order valence-electron chi connectivity index (χ1n) is 8.39. The molecule has 0 unspecified atom stereocenters. The molecule has 1 aliphatic heterocycles. The minimum absolute atomic E-state index is 0.538. The summed E-state index contributed by atoms with van der Waals surface area (Å²) in [6, 6.07) is 0. The molecule has 2 aromatic heterocycles. The Hall–Kier alpha value is -1.58. The molecule has 0 bridgehead atoms. The maximum atomic E-state index is 4.67. The number of imidazole rings is 1. The second-order valence-electron chi connectivity index (χ2n) is 6.85. The summed E-state index contributed by atoms with van der Waals surface area (Å²) in [6.07, 6.45) is 18.9. The molecule has 2 aliphatic rings. The van der Waals surface area contributed by atoms with Crippen molar-refractivity contribution in [2.45, 2.75) is 51.4 Å². The molecule has 4 rings (SSSR count). The van der Waals surface area contributed by atoms with Gasteiger partial charge in [-0.2, -0.15) is 0 Å². The van der Waals surface area contributed by atoms with Gasteiger partial charge in [-0.05, 0) is 31.1 Å². The summed E-state index contributed by atoms with van der Waals surface area (Å²) in [5.74, 6) is 1.08. The van der Waals surface area contributed by atoms with Crippen molar-refractivity contribution in [3.8, 4) is 0 Å². The first-order chi connectivity index (χ1) is 10.4. The molecule has 1 saturated heterocycles. The number of anilines is 1. The molecule has 0 aromatic carbocycles. The average Bonchev–Trinajstić information content (AvgIpc) is 2.91. The molecule has 0 atom stereocenters. The first-order valence-corrected chi connectivity index (χ1v) is 8.39. The number of fused-ring (bicyclic) bond motifs is 1. The summed E-state index contributed by atoms with van der Waals surface area (Å²) >= 11 is 0. The molecule has 2 fully saturated rings. The lowest BCUT2D eigenvalue weighted by Crippen LogP contribution is -2.38. The van der Waals surface area contributed by atoms with Gasteiger partial charge in [-0.15, -0.1) is 0 Å². The predicted molar refractivity (Wildman–Crippen MR) is 84.6 cm³/mol. The van der Waals surface area contributed by atoms with E-state index in [-0.39, 0.29) is 0 Å². The monoisotopic (exact) mass is 284 g/mol. The van der Waals surface area contributed by atoms with Crippen molar-refractivity contribution in [2.24, 2.45) is 5.41 Å². The van der Waals surface area contributed by atoms with Crippen molar-refractivity contribution >= 4 is 11.5 Å². The lowest BCUT2D eigenvalue weighted by molar-refractivity contribution is 0.183. The summed E-state index contributed by atoms with van der Waals surface area (Å²) in [5, 5.41) is 0. The van der Waals surface area contributed by atoms with Gasteiger partial charge in [0.2, 0.25) is 0 Å². The van der Waals surface area contributed by atoms with Crippen molar-refractivity contribution in [3.05, 3.63) is 24.8 Å². The highest BCUT2D eigenvalue weighted by Gasteiger charge is 2.35. The lowest BCUT2D eigenvalue weighted by Gasteiger charge is -2.39. The Morgan fingerprint density at radius 3 is 2.38 bits per heavy atom. The van der Waals surface area contributed by atoms with E-state index >= 15 is 0 Å². The maximum Gasteiger partial charge on any atom is 0.180 e. The molecule has 4 nitrogen and oxygen atoms in total. The van der Waals surface area contributed by atoms with Gasteiger partial charge in [0, 0.05) is 37.9 Å². The van der Waals surface area contributed by atoms with Gasteiger partial charge in [-0.3, -0.25) is 0 Å². The Balaban J connectivity index is 1.68. The molecular formula is C17H24N4. The van der Waals surface area contributed by atoms with E-state index in [1.54, 1.807) is 0 Å². The SMILES string of the molecule is c1cn2ccnc2c(N2CCCCC3(CCCCC3)C2)n1. The van der Waals surface area contributed by atoms with Crippen LogP contribution in [0.3, 0.4) is 0 Å². The van der Waals surface area contributed by atoms with Gasteiger partial charge in [0.1, 0.15) is 0 Å². The number of nitrogens with zero attached hydrogens (tertiary/aromatic N) is 4. The van der Waals surface area contributed by atoms with Crippen LogP contribution in [0.15, 0.2) is 24.8 Å². The lowest BCUT2D eigenvalue weighted by atomic mass is 9.71. The quantitative estimate of drug-likeness (QED) is 0.801. The molecule has 0 N–H and O–H groups in total. The molecule has 1 saturated carbocycles. The zero-order valence-electron chi connectivity index (χ0n) is 12.7. The summed E-state index contributed by atoms with van der Waals surface area (Å²) in [4.78, 5) is 11.7. The minimum Gasteiger partial charge on any atom is -0.353 e. The smallest absolute Gasteiger partial charge is 0.180 e. The second kappa shape index (κ2) is 5.32. The number of aromatic nitrogens is 3. The van der Waals surface area contributed by atoms with Gasteiger partial charge in [0.05, 0.1) is 0 Å². The molecule has 0 amide bonds. The Kier molecular flexibility index (Phi) is 3.32. The third kappa shape index (κ3) is 2.41. The van der Waals surface area contributed by atoms with Crippen LogP contribution >= 0.6 is 0 Å². The first kappa shape index (κ1) is 13.1. The fraction of sp³-hybridized carbons (Fsp3) is 0.647. The van der Waals surface area contributed by atoms with Gasteiger partial charge in [0.15, 0.2) is 11.5 Å². The largest absolute Gasteiger partial charge is 0.353 e. The number of rotatable bonds is 1. The van der Waals surface area contributed by atoms with Crippen LogP contribution in [0.1, 0.15) is 51.4 Å². The van der Waals surface area contributed by atoms with Gasteiger partial charge in [-0.1, -0.05) is 25.7 Å². The predicted octanol–water partition coefficient (Wildman–Crippen LogP) is 3.67. The van der Waals surface area contributed by atoms with Crippen LogP contribution in [-0.4, -0.2) is 27.5 Å². The van der Waals surface area contributed by atoms with Gasteiger partial charge in [0.25, 0.3) is 0 Å². The van der Waals surface area contributed by atoms with E-state index < -0.39 is 0 Å². The molecule has 21 heavy (non-hydrogen) atoms. The highest BCUT2D eigenvalue weighted by molar-refractivity contribution is 5.64. The highest BCUT2D eigenvalue weighted by atomic mass is 15.2. The normalized spacial score (nSPS) is 22.6. The fourth-order valence-electron chi connectivity index (χ4n) is 4.32. The zero-order valence-corrected chi connectivity index (χ0v) is 12.7. The highest BCUT2D eigenvalue weighted by Crippen LogP contribution is 2.43. The third-order valence-electron chi connectivity index (χ3n) is 5.42. The van der Waals surface area contributed by atoms with Gasteiger partial charge >= 0.3 is 0 Å². The van der Waals surface area contributed by atoms with Crippen LogP contribution in [-0.2, 0) is 0 Å². The van der Waals surface area contributed by atoms with Gasteiger partial charge in [-0.25, -0.2) is 9.97 Å². The van der Waals surface area contributed by atoms with Crippen molar-refractivity contribution in [1.29, 1.82) is 0 Å². The minimum atomic E-state index is 0.538. The summed E-state index contributed by atoms with van der Waals surface area (Å²) < 4.78 is 2.08. The topological polar surface area (TPSA) is 33.4 Å². The molecule has 2 aromatic rings. The van der Waals surface area contributed by atoms with Crippen LogP contribution < -0.4 is 4.90 Å². The van der Waals surface area contributed by atoms with E-state index in [0.29, 0.717) is 5.41 Å². The molecule has 4 heteroatoms. The molecule has 3 heterocycles. The third-order valence-corrected chi connectivity index (χ3v) is 5.42. The average molecular weight is 284 g/mol. The van der Waals surface area contributed by atoms with Crippen molar-refractivity contribution in [2.75, 3.05) is 18.0 Å². The van der Waals surface area contributed by atoms with E-state index in [9.17, 15) is 0 Å². The fourth-order valence-corrected chi connectivity index (χ4v) is 4.32. The van der Waals surface area contributed by atoms with Crippen molar-refractivity contribution in [3.63, 3.8) is 0 Å². The second-order valence-corrected chi connectivity index (χ2v) is 6.85. The van der Waals surface area contributed by atoms with Gasteiger partial charge < -0.3 is 9.30 Å². The Bertz CT molecular complexity index is 612. The van der Waals surface area contributed by atoms with Crippen molar-refractivity contribution < 1.29 is 0 Å². The van der Waals surface area contributed by atoms with Crippen LogP contribution in [0, 0.1) is 5.41 Å². The van der Waals surface area contributed by atoms with E-state index in [4.69, 9.17) is 0 Å². The van der Waals surface area contributed by atoms with E-state index in [1.807, 2.05) is 24.8 Å². The molecule has 1 spiro atoms. The molecule has 0 radical (unpaired) electrons. The number of hydrogen-bond donors (Lipinski definition) is 0. The summed E-state index contributed by atoms with van der Waals surface area (Å²) in [6.45, 7) is 2.30. The van der Waals surface area contributed by atoms with Crippen LogP contribution in [0.4, 0.5) is 5.82 Å².